The highest BCUT2D eigenvalue weighted by Crippen LogP contribution is 1.92. The van der Waals surface area contributed by atoms with Gasteiger partial charge in [-0.3, -0.25) is 9.59 Å². The molecule has 0 aliphatic carbocycles. The molecule has 0 saturated carbocycles. The third-order valence-corrected chi connectivity index (χ3v) is 2.61. The molecule has 0 radical (unpaired) electrons. The minimum Gasteiger partial charge on any atom is -0.360 e. The molecule has 0 unspecified atom stereocenters. The van der Waals surface area contributed by atoms with Gasteiger partial charge >= 0.3 is 0 Å². The summed E-state index contributed by atoms with van der Waals surface area (Å²) in [5, 5.41) is 7.53. The van der Waals surface area contributed by atoms with E-state index in [2.05, 4.69) is 31.0 Å². The molecular formula is C14H16N6O2. The van der Waals surface area contributed by atoms with Crippen LogP contribution in [0, 0.1) is 0 Å². The van der Waals surface area contributed by atoms with Crippen molar-refractivity contribution < 1.29 is 9.59 Å². The van der Waals surface area contributed by atoms with Crippen molar-refractivity contribution in [2.24, 2.45) is 10.2 Å². The molecule has 8 nitrogen and oxygen atoms in total. The standard InChI is InChI=1S/C14H16N6O2/c21-13(19-17-9-11-3-1-7-15-11)5-6-14(22)20-18-10-12-4-2-8-16-12/h1-4,7-10,15-16H,5-6H2,(H,19,21)(H,20,22)/b17-9-,18-10+. The lowest BCUT2D eigenvalue weighted by Gasteiger charge is -1.99. The average Bonchev–Trinajstić information content (AvgIpc) is 3.18. The average molecular weight is 300 g/mol. The second kappa shape index (κ2) is 8.20. The first-order chi connectivity index (χ1) is 10.7. The van der Waals surface area contributed by atoms with Crippen LogP contribution in [0.5, 0.6) is 0 Å². The van der Waals surface area contributed by atoms with Gasteiger partial charge in [0.15, 0.2) is 0 Å². The SMILES string of the molecule is O=C(CCC(=O)N/N=C/c1ccc[nH]1)N/N=C\c1ccc[nH]1. The fraction of sp³-hybridized carbons (Fsp3) is 0.143. The number of hydrogen-bond acceptors (Lipinski definition) is 4. The summed E-state index contributed by atoms with van der Waals surface area (Å²) in [4.78, 5) is 28.8. The number of carbonyl (C=O) groups excluding carboxylic acids is 2. The summed E-state index contributed by atoms with van der Waals surface area (Å²) in [5.41, 5.74) is 6.23. The maximum atomic E-state index is 11.5. The summed E-state index contributed by atoms with van der Waals surface area (Å²) in [6, 6.07) is 7.26. The van der Waals surface area contributed by atoms with Gasteiger partial charge in [-0.25, -0.2) is 10.9 Å². The maximum absolute atomic E-state index is 11.5. The van der Waals surface area contributed by atoms with Gasteiger partial charge in [0.2, 0.25) is 11.8 Å². The van der Waals surface area contributed by atoms with Crippen molar-refractivity contribution in [3.05, 3.63) is 48.0 Å². The van der Waals surface area contributed by atoms with E-state index < -0.39 is 0 Å². The zero-order valence-corrected chi connectivity index (χ0v) is 11.7. The van der Waals surface area contributed by atoms with E-state index in [9.17, 15) is 9.59 Å². The highest BCUT2D eigenvalue weighted by Gasteiger charge is 2.05. The Kier molecular flexibility index (Phi) is 5.68. The molecule has 0 atom stereocenters. The van der Waals surface area contributed by atoms with Crippen molar-refractivity contribution in [2.45, 2.75) is 12.8 Å². The second-order valence-electron chi connectivity index (χ2n) is 4.34. The molecule has 0 fully saturated rings. The topological polar surface area (TPSA) is 114 Å². The summed E-state index contributed by atoms with van der Waals surface area (Å²) in [7, 11) is 0. The van der Waals surface area contributed by atoms with E-state index in [1.807, 2.05) is 24.3 Å². The highest BCUT2D eigenvalue weighted by molar-refractivity contribution is 5.85. The molecule has 2 amide bonds. The predicted molar refractivity (Wildman–Crippen MR) is 82.3 cm³/mol. The number of amides is 2. The minimum absolute atomic E-state index is 0.0337. The number of aromatic nitrogens is 2. The smallest absolute Gasteiger partial charge is 0.240 e. The van der Waals surface area contributed by atoms with Gasteiger partial charge in [0.1, 0.15) is 0 Å². The van der Waals surface area contributed by atoms with E-state index in [0.717, 1.165) is 11.4 Å². The van der Waals surface area contributed by atoms with Gasteiger partial charge in [0, 0.05) is 25.2 Å². The maximum Gasteiger partial charge on any atom is 0.240 e. The van der Waals surface area contributed by atoms with Gasteiger partial charge in [-0.2, -0.15) is 10.2 Å². The Balaban J connectivity index is 1.62. The fourth-order valence-corrected chi connectivity index (χ4v) is 1.54. The van der Waals surface area contributed by atoms with E-state index in [-0.39, 0.29) is 24.7 Å². The number of hydrogen-bond donors (Lipinski definition) is 4. The lowest BCUT2D eigenvalue weighted by Crippen LogP contribution is -2.22. The zero-order valence-electron chi connectivity index (χ0n) is 11.7. The van der Waals surface area contributed by atoms with Crippen LogP contribution in [0.25, 0.3) is 0 Å². The first kappa shape index (κ1) is 15.2. The Labute approximate surface area is 126 Å². The number of nitrogens with one attached hydrogen (secondary N) is 4. The van der Waals surface area contributed by atoms with Crippen LogP contribution < -0.4 is 10.9 Å². The van der Waals surface area contributed by atoms with Crippen LogP contribution >= 0.6 is 0 Å². The lowest BCUT2D eigenvalue weighted by atomic mass is 10.3. The van der Waals surface area contributed by atoms with Crippen LogP contribution in [0.3, 0.4) is 0 Å². The largest absolute Gasteiger partial charge is 0.360 e. The van der Waals surface area contributed by atoms with Gasteiger partial charge in [-0.15, -0.1) is 0 Å². The molecule has 0 bridgehead atoms. The van der Waals surface area contributed by atoms with Crippen LogP contribution in [0.2, 0.25) is 0 Å². The highest BCUT2D eigenvalue weighted by atomic mass is 16.2. The zero-order chi connectivity index (χ0) is 15.6. The quantitative estimate of drug-likeness (QED) is 0.446. The molecule has 22 heavy (non-hydrogen) atoms. The summed E-state index contributed by atoms with van der Waals surface area (Å²) in [6.45, 7) is 0. The van der Waals surface area contributed by atoms with Gasteiger partial charge < -0.3 is 9.97 Å². The van der Waals surface area contributed by atoms with E-state index >= 15 is 0 Å². The number of rotatable bonds is 7. The molecular weight excluding hydrogens is 284 g/mol. The van der Waals surface area contributed by atoms with Crippen molar-refractivity contribution in [1.29, 1.82) is 0 Å². The van der Waals surface area contributed by atoms with Crippen LogP contribution in [0.15, 0.2) is 46.9 Å². The molecule has 114 valence electrons. The summed E-state index contributed by atoms with van der Waals surface area (Å²) < 4.78 is 0. The first-order valence-electron chi connectivity index (χ1n) is 6.64. The molecule has 0 saturated heterocycles. The summed E-state index contributed by atoms with van der Waals surface area (Å²) in [6.07, 6.45) is 6.54. The Morgan fingerprint density at radius 2 is 1.36 bits per heavy atom. The Hall–Kier alpha value is -3.16. The molecule has 4 N–H and O–H groups in total. The molecule has 0 aliphatic heterocycles. The van der Waals surface area contributed by atoms with Crippen molar-refractivity contribution in [1.82, 2.24) is 20.8 Å². The Morgan fingerprint density at radius 3 is 1.73 bits per heavy atom. The van der Waals surface area contributed by atoms with Crippen molar-refractivity contribution >= 4 is 24.2 Å². The minimum atomic E-state index is -0.341. The van der Waals surface area contributed by atoms with Gasteiger partial charge in [-0.05, 0) is 24.3 Å². The monoisotopic (exact) mass is 300 g/mol. The number of nitrogens with zero attached hydrogens (tertiary/aromatic N) is 2. The first-order valence-corrected chi connectivity index (χ1v) is 6.64. The number of aromatic amines is 2. The van der Waals surface area contributed by atoms with Crippen molar-refractivity contribution in [3.8, 4) is 0 Å². The van der Waals surface area contributed by atoms with Crippen molar-refractivity contribution in [2.75, 3.05) is 0 Å². The molecule has 0 aliphatic rings. The van der Waals surface area contributed by atoms with E-state index in [4.69, 9.17) is 0 Å². The molecule has 8 heteroatoms. The van der Waals surface area contributed by atoms with Gasteiger partial charge in [0.05, 0.1) is 23.8 Å². The number of H-pyrrole nitrogens is 2. The molecule has 2 aromatic heterocycles. The normalized spacial score (nSPS) is 11.1. The van der Waals surface area contributed by atoms with E-state index in [1.54, 1.807) is 12.4 Å². The second-order valence-corrected chi connectivity index (χ2v) is 4.34. The third kappa shape index (κ3) is 5.45. The molecule has 0 spiro atoms. The predicted octanol–water partition coefficient (Wildman–Crippen LogP) is 0.723. The number of hydrazone groups is 2. The molecule has 2 rings (SSSR count). The summed E-state index contributed by atoms with van der Waals surface area (Å²) >= 11 is 0. The Morgan fingerprint density at radius 1 is 0.909 bits per heavy atom. The Bertz CT molecular complexity index is 585. The lowest BCUT2D eigenvalue weighted by molar-refractivity contribution is -0.126. The molecule has 0 aromatic carbocycles. The van der Waals surface area contributed by atoms with Crippen molar-refractivity contribution in [3.63, 3.8) is 0 Å². The van der Waals surface area contributed by atoms with E-state index in [0.29, 0.717) is 0 Å². The van der Waals surface area contributed by atoms with Crippen LogP contribution in [0.4, 0.5) is 0 Å². The third-order valence-electron chi connectivity index (χ3n) is 2.61. The van der Waals surface area contributed by atoms with Crippen LogP contribution in [0.1, 0.15) is 24.2 Å². The van der Waals surface area contributed by atoms with Gasteiger partial charge in [0.25, 0.3) is 0 Å². The van der Waals surface area contributed by atoms with Crippen LogP contribution in [-0.2, 0) is 9.59 Å². The molecule has 2 aromatic rings. The summed E-state index contributed by atoms with van der Waals surface area (Å²) in [5.74, 6) is -0.683. The van der Waals surface area contributed by atoms with E-state index in [1.165, 1.54) is 12.4 Å². The fourth-order valence-electron chi connectivity index (χ4n) is 1.54. The number of carbonyl (C=O) groups is 2. The molecule has 2 heterocycles. The van der Waals surface area contributed by atoms with Crippen LogP contribution in [-0.4, -0.2) is 34.2 Å². The van der Waals surface area contributed by atoms with Gasteiger partial charge in [-0.1, -0.05) is 0 Å².